The fourth-order valence-electron chi connectivity index (χ4n) is 1.89. The minimum Gasteiger partial charge on any atom is -0.324 e. The molecular weight excluding hydrogens is 265 g/mol. The Kier molecular flexibility index (Phi) is 4.12. The molecule has 3 nitrogen and oxygen atoms in total. The van der Waals surface area contributed by atoms with E-state index in [4.69, 9.17) is 17.3 Å². The van der Waals surface area contributed by atoms with E-state index in [1.807, 2.05) is 13.8 Å². The molecule has 0 radical (unpaired) electrons. The maximum Gasteiger partial charge on any atom is 0.132 e. The molecule has 19 heavy (non-hydrogen) atoms. The minimum atomic E-state index is -0.349. The first-order valence-corrected chi connectivity index (χ1v) is 6.37. The fourth-order valence-corrected chi connectivity index (χ4v) is 2.13. The summed E-state index contributed by atoms with van der Waals surface area (Å²) < 4.78 is 13.0. The number of aromatic nitrogens is 2. The van der Waals surface area contributed by atoms with Crippen molar-refractivity contribution in [2.75, 3.05) is 0 Å². The Morgan fingerprint density at radius 3 is 2.74 bits per heavy atom. The summed E-state index contributed by atoms with van der Waals surface area (Å²) in [6.45, 7) is 3.79. The lowest BCUT2D eigenvalue weighted by molar-refractivity contribution is 0.627. The molecule has 0 bridgehead atoms. The number of halogens is 2. The van der Waals surface area contributed by atoms with Crippen LogP contribution in [0.25, 0.3) is 0 Å². The molecule has 5 heteroatoms. The SMILES string of the molecule is Cc1nc(Cc2ccc(F)cc2Cl)ncc1[C@H](C)N. The fraction of sp³-hybridized carbons (Fsp3) is 0.286. The van der Waals surface area contributed by atoms with Crippen LogP contribution in [0.2, 0.25) is 5.02 Å². The second-order valence-electron chi connectivity index (χ2n) is 4.53. The molecule has 1 aromatic carbocycles. The molecule has 1 heterocycles. The average molecular weight is 280 g/mol. The van der Waals surface area contributed by atoms with Gasteiger partial charge in [-0.2, -0.15) is 0 Å². The normalized spacial score (nSPS) is 12.5. The molecule has 1 aromatic heterocycles. The minimum absolute atomic E-state index is 0.0940. The van der Waals surface area contributed by atoms with Gasteiger partial charge in [-0.1, -0.05) is 17.7 Å². The molecule has 2 aromatic rings. The van der Waals surface area contributed by atoms with Crippen LogP contribution in [0, 0.1) is 12.7 Å². The van der Waals surface area contributed by atoms with Gasteiger partial charge in [-0.15, -0.1) is 0 Å². The summed E-state index contributed by atoms with van der Waals surface area (Å²) in [5.74, 6) is 0.300. The molecule has 0 amide bonds. The van der Waals surface area contributed by atoms with Crippen molar-refractivity contribution < 1.29 is 4.39 Å². The first-order valence-electron chi connectivity index (χ1n) is 5.99. The molecule has 0 unspecified atom stereocenters. The predicted octanol–water partition coefficient (Wildman–Crippen LogP) is 3.19. The highest BCUT2D eigenvalue weighted by molar-refractivity contribution is 6.31. The summed E-state index contributed by atoms with van der Waals surface area (Å²) in [5, 5.41) is 0.387. The van der Waals surface area contributed by atoms with E-state index in [0.29, 0.717) is 17.3 Å². The van der Waals surface area contributed by atoms with E-state index in [2.05, 4.69) is 9.97 Å². The van der Waals surface area contributed by atoms with Crippen LogP contribution in [0.5, 0.6) is 0 Å². The van der Waals surface area contributed by atoms with Crippen molar-refractivity contribution in [3.63, 3.8) is 0 Å². The zero-order valence-electron chi connectivity index (χ0n) is 10.8. The van der Waals surface area contributed by atoms with Gasteiger partial charge in [-0.3, -0.25) is 0 Å². The van der Waals surface area contributed by atoms with Gasteiger partial charge in [0.15, 0.2) is 0 Å². The zero-order chi connectivity index (χ0) is 14.0. The smallest absolute Gasteiger partial charge is 0.132 e. The number of nitrogens with two attached hydrogens (primary N) is 1. The Morgan fingerprint density at radius 2 is 2.16 bits per heavy atom. The van der Waals surface area contributed by atoms with Crippen molar-refractivity contribution in [2.45, 2.75) is 26.3 Å². The lowest BCUT2D eigenvalue weighted by atomic mass is 10.1. The number of rotatable bonds is 3. The van der Waals surface area contributed by atoms with Crippen molar-refractivity contribution in [2.24, 2.45) is 5.73 Å². The summed E-state index contributed by atoms with van der Waals surface area (Å²) in [6, 6.07) is 4.23. The second-order valence-corrected chi connectivity index (χ2v) is 4.94. The van der Waals surface area contributed by atoms with E-state index in [1.54, 1.807) is 12.3 Å². The molecule has 1 atom stereocenters. The van der Waals surface area contributed by atoms with Crippen LogP contribution in [-0.4, -0.2) is 9.97 Å². The van der Waals surface area contributed by atoms with E-state index in [0.717, 1.165) is 16.8 Å². The third-order valence-corrected chi connectivity index (χ3v) is 3.27. The molecule has 2 rings (SSSR count). The Hall–Kier alpha value is -1.52. The van der Waals surface area contributed by atoms with Crippen LogP contribution in [0.15, 0.2) is 24.4 Å². The van der Waals surface area contributed by atoms with E-state index >= 15 is 0 Å². The van der Waals surface area contributed by atoms with E-state index in [-0.39, 0.29) is 11.9 Å². The van der Waals surface area contributed by atoms with Crippen molar-refractivity contribution >= 4 is 11.6 Å². The van der Waals surface area contributed by atoms with E-state index in [1.165, 1.54) is 12.1 Å². The van der Waals surface area contributed by atoms with E-state index in [9.17, 15) is 4.39 Å². The molecule has 0 aliphatic heterocycles. The van der Waals surface area contributed by atoms with Crippen LogP contribution in [0.1, 0.15) is 35.6 Å². The first-order chi connectivity index (χ1) is 8.97. The monoisotopic (exact) mass is 279 g/mol. The molecule has 0 saturated heterocycles. The number of hydrogen-bond acceptors (Lipinski definition) is 3. The summed E-state index contributed by atoms with van der Waals surface area (Å²) in [5.41, 5.74) is 8.40. The molecule has 100 valence electrons. The maximum atomic E-state index is 13.0. The summed E-state index contributed by atoms with van der Waals surface area (Å²) in [4.78, 5) is 8.69. The third kappa shape index (κ3) is 3.28. The van der Waals surface area contributed by atoms with Crippen molar-refractivity contribution in [1.82, 2.24) is 9.97 Å². The van der Waals surface area contributed by atoms with Gasteiger partial charge in [0.2, 0.25) is 0 Å². The molecule has 0 saturated carbocycles. The Morgan fingerprint density at radius 1 is 1.42 bits per heavy atom. The van der Waals surface area contributed by atoms with Crippen molar-refractivity contribution in [1.29, 1.82) is 0 Å². The van der Waals surface area contributed by atoms with Crippen LogP contribution >= 0.6 is 11.6 Å². The summed E-state index contributed by atoms with van der Waals surface area (Å²) >= 11 is 5.99. The first kappa shape index (κ1) is 13.9. The van der Waals surface area contributed by atoms with Gasteiger partial charge in [0.05, 0.1) is 0 Å². The maximum absolute atomic E-state index is 13.0. The van der Waals surface area contributed by atoms with Crippen molar-refractivity contribution in [3.05, 3.63) is 57.9 Å². The van der Waals surface area contributed by atoms with Gasteiger partial charge in [0.1, 0.15) is 11.6 Å². The number of aryl methyl sites for hydroxylation is 1. The highest BCUT2D eigenvalue weighted by Crippen LogP contribution is 2.20. The summed E-state index contributed by atoms with van der Waals surface area (Å²) in [6.07, 6.45) is 2.21. The van der Waals surface area contributed by atoms with Crippen LogP contribution < -0.4 is 5.73 Å². The predicted molar refractivity (Wildman–Crippen MR) is 73.6 cm³/mol. The third-order valence-electron chi connectivity index (χ3n) is 2.92. The second kappa shape index (κ2) is 5.63. The highest BCUT2D eigenvalue weighted by atomic mass is 35.5. The van der Waals surface area contributed by atoms with Gasteiger partial charge < -0.3 is 5.73 Å². The highest BCUT2D eigenvalue weighted by Gasteiger charge is 2.09. The molecule has 2 N–H and O–H groups in total. The largest absolute Gasteiger partial charge is 0.324 e. The lowest BCUT2D eigenvalue weighted by Crippen LogP contribution is -2.10. The molecule has 0 aliphatic rings. The number of nitrogens with zero attached hydrogens (tertiary/aromatic N) is 2. The Labute approximate surface area is 116 Å². The standard InChI is InChI=1S/C14H15ClFN3/c1-8(17)12-7-18-14(19-9(12)2)5-10-3-4-11(16)6-13(10)15/h3-4,6-8H,5,17H2,1-2H3/t8-/m0/s1. The lowest BCUT2D eigenvalue weighted by Gasteiger charge is -2.10. The van der Waals surface area contributed by atoms with E-state index < -0.39 is 0 Å². The quantitative estimate of drug-likeness (QED) is 0.939. The van der Waals surface area contributed by atoms with Crippen molar-refractivity contribution in [3.8, 4) is 0 Å². The van der Waals surface area contributed by atoms with Crippen LogP contribution in [-0.2, 0) is 6.42 Å². The molecule has 0 aliphatic carbocycles. The zero-order valence-corrected chi connectivity index (χ0v) is 11.6. The van der Waals surface area contributed by atoms with Gasteiger partial charge in [0.25, 0.3) is 0 Å². The van der Waals surface area contributed by atoms with Crippen LogP contribution in [0.3, 0.4) is 0 Å². The Balaban J connectivity index is 2.26. The van der Waals surface area contributed by atoms with Crippen LogP contribution in [0.4, 0.5) is 4.39 Å². The average Bonchev–Trinajstić information content (AvgIpc) is 2.32. The molecular formula is C14H15ClFN3. The number of hydrogen-bond donors (Lipinski definition) is 1. The summed E-state index contributed by atoms with van der Waals surface area (Å²) in [7, 11) is 0. The molecule has 0 fully saturated rings. The van der Waals surface area contributed by atoms with Gasteiger partial charge in [-0.25, -0.2) is 14.4 Å². The topological polar surface area (TPSA) is 51.8 Å². The number of benzene rings is 1. The van der Waals surface area contributed by atoms with Gasteiger partial charge in [-0.05, 0) is 31.5 Å². The van der Waals surface area contributed by atoms with Gasteiger partial charge >= 0.3 is 0 Å². The molecule has 0 spiro atoms. The Bertz CT molecular complexity index is 599. The van der Waals surface area contributed by atoms with Gasteiger partial charge in [0, 0.05) is 34.9 Å².